The van der Waals surface area contributed by atoms with Crippen LogP contribution >= 0.6 is 23.4 Å². The largest absolute Gasteiger partial charge is 0.301 e. The standard InChI is InChI=1S/C21H23ClN4OS/c1-13-7-9-15(10-8-13)12-26-19(22)17(14(2)25-26)11-18-20(27)24-21(28-18)23-16-5-3-4-6-16/h7-11,16H,3-6,12H2,1-2H3,(H,23,24,27)/b18-11-. The van der Waals surface area contributed by atoms with E-state index in [1.807, 2.05) is 13.0 Å². The average molecular weight is 415 g/mol. The Bertz CT molecular complexity index is 956. The van der Waals surface area contributed by atoms with Crippen LogP contribution < -0.4 is 5.32 Å². The molecule has 2 fully saturated rings. The van der Waals surface area contributed by atoms with E-state index >= 15 is 0 Å². The quantitative estimate of drug-likeness (QED) is 0.737. The van der Waals surface area contributed by atoms with E-state index in [0.717, 1.165) is 29.7 Å². The number of aryl methyl sites for hydroxylation is 2. The summed E-state index contributed by atoms with van der Waals surface area (Å²) in [6.45, 7) is 4.57. The summed E-state index contributed by atoms with van der Waals surface area (Å²) in [5.41, 5.74) is 3.94. The number of amides is 1. The number of hydrogen-bond donors (Lipinski definition) is 1. The highest BCUT2D eigenvalue weighted by Gasteiger charge is 2.26. The fourth-order valence-electron chi connectivity index (χ4n) is 3.52. The van der Waals surface area contributed by atoms with Gasteiger partial charge in [0.2, 0.25) is 0 Å². The van der Waals surface area contributed by atoms with Crippen LogP contribution in [0.3, 0.4) is 0 Å². The van der Waals surface area contributed by atoms with Gasteiger partial charge in [-0.05, 0) is 50.1 Å². The molecule has 0 bridgehead atoms. The van der Waals surface area contributed by atoms with Gasteiger partial charge in [-0.25, -0.2) is 4.68 Å². The summed E-state index contributed by atoms with van der Waals surface area (Å²) in [5, 5.41) is 8.68. The van der Waals surface area contributed by atoms with E-state index < -0.39 is 0 Å². The molecule has 2 aliphatic rings. The maximum Gasteiger partial charge on any atom is 0.264 e. The first-order valence-corrected chi connectivity index (χ1v) is 10.8. The number of nitrogens with one attached hydrogen (secondary N) is 1. The van der Waals surface area contributed by atoms with E-state index in [2.05, 4.69) is 46.6 Å². The third-order valence-electron chi connectivity index (χ3n) is 5.11. The van der Waals surface area contributed by atoms with Gasteiger partial charge in [-0.2, -0.15) is 5.10 Å². The Kier molecular flexibility index (Phi) is 5.60. The number of aromatic nitrogens is 2. The lowest BCUT2D eigenvalue weighted by Gasteiger charge is -2.04. The lowest BCUT2D eigenvalue weighted by Crippen LogP contribution is -2.21. The van der Waals surface area contributed by atoms with Gasteiger partial charge in [0.1, 0.15) is 5.15 Å². The molecule has 0 spiro atoms. The van der Waals surface area contributed by atoms with Gasteiger partial charge in [-0.1, -0.05) is 54.3 Å². The molecule has 1 N–H and O–H groups in total. The summed E-state index contributed by atoms with van der Waals surface area (Å²) in [5.74, 6) is -0.122. The van der Waals surface area contributed by atoms with Crippen molar-refractivity contribution in [3.8, 4) is 0 Å². The second-order valence-electron chi connectivity index (χ2n) is 7.37. The molecule has 4 rings (SSSR count). The van der Waals surface area contributed by atoms with Crippen LogP contribution in [0, 0.1) is 13.8 Å². The highest BCUT2D eigenvalue weighted by atomic mass is 35.5. The number of aliphatic imine (C=N–C) groups is 1. The Balaban J connectivity index is 1.55. The molecule has 1 aliphatic heterocycles. The van der Waals surface area contributed by atoms with Crippen molar-refractivity contribution in [3.63, 3.8) is 0 Å². The van der Waals surface area contributed by atoms with Crippen molar-refractivity contribution in [1.82, 2.24) is 15.1 Å². The van der Waals surface area contributed by atoms with Crippen LogP contribution in [0.25, 0.3) is 6.08 Å². The molecule has 0 atom stereocenters. The van der Waals surface area contributed by atoms with Crippen molar-refractivity contribution in [3.05, 3.63) is 56.7 Å². The Morgan fingerprint density at radius 3 is 2.71 bits per heavy atom. The Morgan fingerprint density at radius 2 is 2.00 bits per heavy atom. The predicted octanol–water partition coefficient (Wildman–Crippen LogP) is 4.70. The first-order chi connectivity index (χ1) is 13.5. The van der Waals surface area contributed by atoms with Crippen molar-refractivity contribution in [1.29, 1.82) is 0 Å². The predicted molar refractivity (Wildman–Crippen MR) is 116 cm³/mol. The van der Waals surface area contributed by atoms with E-state index in [-0.39, 0.29) is 5.91 Å². The van der Waals surface area contributed by atoms with E-state index in [1.165, 1.54) is 30.2 Å². The third kappa shape index (κ3) is 4.18. The number of carbonyl (C=O) groups is 1. The topological polar surface area (TPSA) is 59.3 Å². The summed E-state index contributed by atoms with van der Waals surface area (Å²) < 4.78 is 1.78. The maximum atomic E-state index is 12.4. The second-order valence-corrected chi connectivity index (χ2v) is 8.76. The molecule has 2 heterocycles. The SMILES string of the molecule is Cc1ccc(Cn2nc(C)c(/C=C3\SC(=NC4CCCC4)NC3=O)c2Cl)cc1. The molecule has 1 saturated heterocycles. The minimum atomic E-state index is -0.122. The van der Waals surface area contributed by atoms with Gasteiger partial charge in [0.05, 0.1) is 23.2 Å². The number of carbonyl (C=O) groups excluding carboxylic acids is 1. The van der Waals surface area contributed by atoms with Crippen LogP contribution in [0.5, 0.6) is 0 Å². The first kappa shape index (κ1) is 19.3. The van der Waals surface area contributed by atoms with Crippen LogP contribution in [-0.2, 0) is 11.3 Å². The zero-order chi connectivity index (χ0) is 19.7. The van der Waals surface area contributed by atoms with E-state index in [4.69, 9.17) is 11.6 Å². The van der Waals surface area contributed by atoms with Crippen molar-refractivity contribution >= 4 is 40.5 Å². The highest BCUT2D eigenvalue weighted by Crippen LogP contribution is 2.31. The van der Waals surface area contributed by atoms with Gasteiger partial charge in [0, 0.05) is 5.56 Å². The van der Waals surface area contributed by atoms with Gasteiger partial charge in [0.25, 0.3) is 5.91 Å². The summed E-state index contributed by atoms with van der Waals surface area (Å²) in [6, 6.07) is 8.64. The van der Waals surface area contributed by atoms with Gasteiger partial charge in [-0.3, -0.25) is 9.79 Å². The molecule has 1 saturated carbocycles. The van der Waals surface area contributed by atoms with Crippen molar-refractivity contribution in [2.45, 2.75) is 52.1 Å². The number of hydrogen-bond acceptors (Lipinski definition) is 4. The normalized spacial score (nSPS) is 20.5. The molecular weight excluding hydrogens is 392 g/mol. The monoisotopic (exact) mass is 414 g/mol. The van der Waals surface area contributed by atoms with Crippen LogP contribution in [0.4, 0.5) is 0 Å². The molecule has 1 aromatic heterocycles. The number of amidine groups is 1. The first-order valence-electron chi connectivity index (χ1n) is 9.57. The van der Waals surface area contributed by atoms with Gasteiger partial charge < -0.3 is 5.32 Å². The summed E-state index contributed by atoms with van der Waals surface area (Å²) in [4.78, 5) is 17.7. The van der Waals surface area contributed by atoms with Crippen molar-refractivity contribution in [2.75, 3.05) is 0 Å². The Hall–Kier alpha value is -2.05. The second kappa shape index (κ2) is 8.13. The number of benzene rings is 1. The molecule has 0 radical (unpaired) electrons. The molecule has 7 heteroatoms. The third-order valence-corrected chi connectivity index (χ3v) is 6.44. The molecule has 1 aliphatic carbocycles. The molecule has 1 amide bonds. The van der Waals surface area contributed by atoms with Gasteiger partial charge in [0.15, 0.2) is 5.17 Å². The number of rotatable bonds is 4. The minimum absolute atomic E-state index is 0.122. The van der Waals surface area contributed by atoms with E-state index in [0.29, 0.717) is 27.8 Å². The molecule has 5 nitrogen and oxygen atoms in total. The number of thioether (sulfide) groups is 1. The van der Waals surface area contributed by atoms with Crippen molar-refractivity contribution in [2.24, 2.45) is 4.99 Å². The van der Waals surface area contributed by atoms with Crippen molar-refractivity contribution < 1.29 is 4.79 Å². The Labute approximate surface area is 174 Å². The zero-order valence-electron chi connectivity index (χ0n) is 16.0. The lowest BCUT2D eigenvalue weighted by molar-refractivity contribution is -0.115. The molecule has 0 unspecified atom stereocenters. The summed E-state index contributed by atoms with van der Waals surface area (Å²) >= 11 is 7.98. The molecule has 146 valence electrons. The van der Waals surface area contributed by atoms with Crippen LogP contribution in [0.15, 0.2) is 34.2 Å². The Morgan fingerprint density at radius 1 is 1.29 bits per heavy atom. The average Bonchev–Trinajstić information content (AvgIpc) is 3.35. The lowest BCUT2D eigenvalue weighted by atomic mass is 10.1. The summed E-state index contributed by atoms with van der Waals surface area (Å²) in [6.07, 6.45) is 6.48. The maximum absolute atomic E-state index is 12.4. The summed E-state index contributed by atoms with van der Waals surface area (Å²) in [7, 11) is 0. The van der Waals surface area contributed by atoms with Gasteiger partial charge in [-0.15, -0.1) is 0 Å². The van der Waals surface area contributed by atoms with E-state index in [9.17, 15) is 4.79 Å². The molecular formula is C21H23ClN4OS. The number of nitrogens with zero attached hydrogens (tertiary/aromatic N) is 3. The number of halogens is 1. The minimum Gasteiger partial charge on any atom is -0.301 e. The fourth-order valence-corrected chi connectivity index (χ4v) is 4.68. The zero-order valence-corrected chi connectivity index (χ0v) is 17.6. The molecule has 1 aromatic carbocycles. The molecule has 2 aromatic rings. The van der Waals surface area contributed by atoms with Crippen LogP contribution in [0.1, 0.15) is 48.1 Å². The van der Waals surface area contributed by atoms with Crippen LogP contribution in [0.2, 0.25) is 5.15 Å². The van der Waals surface area contributed by atoms with E-state index in [1.54, 1.807) is 4.68 Å². The molecule has 28 heavy (non-hydrogen) atoms. The van der Waals surface area contributed by atoms with Crippen LogP contribution in [-0.4, -0.2) is 26.9 Å². The fraction of sp³-hybridized carbons (Fsp3) is 0.381. The highest BCUT2D eigenvalue weighted by molar-refractivity contribution is 8.18. The smallest absolute Gasteiger partial charge is 0.264 e. The van der Waals surface area contributed by atoms with Gasteiger partial charge >= 0.3 is 0 Å².